The zero-order chi connectivity index (χ0) is 19.3. The number of aromatic nitrogens is 2. The third-order valence-electron chi connectivity index (χ3n) is 3.14. The Morgan fingerprint density at radius 1 is 1.04 bits per heavy atom. The molecule has 0 aliphatic heterocycles. The Bertz CT molecular complexity index is 877. The lowest BCUT2D eigenvalue weighted by Gasteiger charge is -2.07. The SMILES string of the molecule is Fc1ccc(-c2cc(C(F)(F)F)nn2-c2ccccc2)cc1.NS(=O)[O-]. The largest absolute Gasteiger partial charge is 0.760 e. The van der Waals surface area contributed by atoms with E-state index in [1.807, 2.05) is 0 Å². The molecule has 2 aromatic carbocycles. The first-order chi connectivity index (χ1) is 12.2. The van der Waals surface area contributed by atoms with Crippen molar-refractivity contribution in [1.29, 1.82) is 0 Å². The average Bonchev–Trinajstić information content (AvgIpc) is 3.01. The lowest BCUT2D eigenvalue weighted by Crippen LogP contribution is -2.07. The summed E-state index contributed by atoms with van der Waals surface area (Å²) in [5, 5.41) is 7.68. The van der Waals surface area contributed by atoms with Crippen LogP contribution in [0.1, 0.15) is 5.69 Å². The molecule has 0 aliphatic rings. The second-order valence-electron chi connectivity index (χ2n) is 4.93. The summed E-state index contributed by atoms with van der Waals surface area (Å²) in [6, 6.07) is 14.7. The van der Waals surface area contributed by atoms with E-state index in [1.165, 1.54) is 28.9 Å². The second-order valence-corrected chi connectivity index (χ2v) is 5.45. The van der Waals surface area contributed by atoms with Gasteiger partial charge < -0.3 is 4.55 Å². The fourth-order valence-corrected chi connectivity index (χ4v) is 2.11. The van der Waals surface area contributed by atoms with Gasteiger partial charge in [-0.2, -0.15) is 18.3 Å². The number of halogens is 4. The van der Waals surface area contributed by atoms with Gasteiger partial charge in [-0.25, -0.2) is 9.07 Å². The molecule has 3 rings (SSSR count). The van der Waals surface area contributed by atoms with Gasteiger partial charge in [0.15, 0.2) is 5.69 Å². The molecule has 0 fully saturated rings. The summed E-state index contributed by atoms with van der Waals surface area (Å²) in [5.74, 6) is -0.453. The minimum Gasteiger partial charge on any atom is -0.760 e. The number of nitrogens with zero attached hydrogens (tertiary/aromatic N) is 2. The van der Waals surface area contributed by atoms with Crippen LogP contribution in [0.25, 0.3) is 16.9 Å². The van der Waals surface area contributed by atoms with Crippen molar-refractivity contribution in [3.63, 3.8) is 0 Å². The van der Waals surface area contributed by atoms with Crippen LogP contribution in [0.15, 0.2) is 60.7 Å². The van der Waals surface area contributed by atoms with E-state index in [9.17, 15) is 17.6 Å². The molecule has 1 aromatic heterocycles. The highest BCUT2D eigenvalue weighted by atomic mass is 32.2. The summed E-state index contributed by atoms with van der Waals surface area (Å²) in [6.45, 7) is 0. The molecule has 0 aliphatic carbocycles. The van der Waals surface area contributed by atoms with Crippen LogP contribution in [-0.2, 0) is 17.4 Å². The molecule has 0 radical (unpaired) electrons. The van der Waals surface area contributed by atoms with E-state index < -0.39 is 29.0 Å². The molecule has 10 heteroatoms. The molecule has 0 amide bonds. The Morgan fingerprint density at radius 2 is 1.58 bits per heavy atom. The Labute approximate surface area is 148 Å². The molecule has 5 nitrogen and oxygen atoms in total. The van der Waals surface area contributed by atoms with Gasteiger partial charge in [-0.05, 0) is 42.5 Å². The van der Waals surface area contributed by atoms with Gasteiger partial charge in [-0.3, -0.25) is 9.35 Å². The summed E-state index contributed by atoms with van der Waals surface area (Å²) >= 11 is -2.36. The van der Waals surface area contributed by atoms with Crippen molar-refractivity contribution in [3.8, 4) is 16.9 Å². The van der Waals surface area contributed by atoms with Gasteiger partial charge in [0.2, 0.25) is 0 Å². The summed E-state index contributed by atoms with van der Waals surface area (Å²) in [5.41, 5.74) is 0.208. The van der Waals surface area contributed by atoms with E-state index >= 15 is 0 Å². The Morgan fingerprint density at radius 3 is 2.08 bits per heavy atom. The maximum Gasteiger partial charge on any atom is 0.435 e. The van der Waals surface area contributed by atoms with Crippen molar-refractivity contribution in [1.82, 2.24) is 9.78 Å². The van der Waals surface area contributed by atoms with Crippen molar-refractivity contribution < 1.29 is 26.3 Å². The fraction of sp³-hybridized carbons (Fsp3) is 0.0625. The number of hydrogen-bond acceptors (Lipinski definition) is 3. The van der Waals surface area contributed by atoms with E-state index in [4.69, 9.17) is 8.76 Å². The molecule has 0 bridgehead atoms. The summed E-state index contributed by atoms with van der Waals surface area (Å²) < 4.78 is 70.6. The molecule has 1 unspecified atom stereocenters. The fourth-order valence-electron chi connectivity index (χ4n) is 2.11. The molecular formula is C16H12F4N3O2S-. The molecule has 2 N–H and O–H groups in total. The molecule has 3 aromatic rings. The number of benzene rings is 2. The molecule has 26 heavy (non-hydrogen) atoms. The van der Waals surface area contributed by atoms with Crippen LogP contribution in [0.2, 0.25) is 0 Å². The van der Waals surface area contributed by atoms with Gasteiger partial charge in [0, 0.05) is 16.8 Å². The van der Waals surface area contributed by atoms with Gasteiger partial charge in [-0.15, -0.1) is 0 Å². The van der Waals surface area contributed by atoms with Gasteiger partial charge in [0.1, 0.15) is 5.82 Å². The van der Waals surface area contributed by atoms with E-state index in [2.05, 4.69) is 10.2 Å². The lowest BCUT2D eigenvalue weighted by atomic mass is 10.1. The van der Waals surface area contributed by atoms with E-state index in [0.29, 0.717) is 11.3 Å². The van der Waals surface area contributed by atoms with E-state index in [0.717, 1.165) is 6.07 Å². The Kier molecular flexibility index (Phi) is 6.24. The summed E-state index contributed by atoms with van der Waals surface area (Å²) in [6.07, 6.45) is -4.55. The molecule has 138 valence electrons. The Balaban J connectivity index is 0.000000552. The number of alkyl halides is 3. The molecule has 0 spiro atoms. The van der Waals surface area contributed by atoms with E-state index in [-0.39, 0.29) is 5.69 Å². The maximum atomic E-state index is 13.0. The third-order valence-corrected chi connectivity index (χ3v) is 3.14. The third kappa shape index (κ3) is 5.22. The van der Waals surface area contributed by atoms with Gasteiger partial charge in [0.05, 0.1) is 11.4 Å². The highest BCUT2D eigenvalue weighted by Gasteiger charge is 2.35. The first-order valence-electron chi connectivity index (χ1n) is 7.01. The van der Waals surface area contributed by atoms with Crippen LogP contribution >= 0.6 is 0 Å². The van der Waals surface area contributed by atoms with Crippen LogP contribution in [0.4, 0.5) is 17.6 Å². The van der Waals surface area contributed by atoms with Gasteiger partial charge >= 0.3 is 6.18 Å². The highest BCUT2D eigenvalue weighted by Crippen LogP contribution is 2.33. The monoisotopic (exact) mass is 386 g/mol. The lowest BCUT2D eigenvalue weighted by molar-refractivity contribution is -0.141. The zero-order valence-electron chi connectivity index (χ0n) is 13.0. The maximum absolute atomic E-state index is 13.0. The van der Waals surface area contributed by atoms with Crippen LogP contribution in [-0.4, -0.2) is 18.5 Å². The van der Waals surface area contributed by atoms with E-state index in [1.54, 1.807) is 30.3 Å². The molecule has 1 heterocycles. The number of para-hydroxylation sites is 1. The van der Waals surface area contributed by atoms with Crippen molar-refractivity contribution in [2.45, 2.75) is 6.18 Å². The van der Waals surface area contributed by atoms with Gasteiger partial charge in [-0.1, -0.05) is 18.2 Å². The van der Waals surface area contributed by atoms with Crippen molar-refractivity contribution in [2.24, 2.45) is 5.14 Å². The highest BCUT2D eigenvalue weighted by molar-refractivity contribution is 7.76. The van der Waals surface area contributed by atoms with Crippen LogP contribution < -0.4 is 5.14 Å². The molecular weight excluding hydrogens is 374 g/mol. The first kappa shape index (κ1) is 19.8. The molecule has 0 saturated carbocycles. The summed E-state index contributed by atoms with van der Waals surface area (Å²) in [4.78, 5) is 0. The molecule has 1 atom stereocenters. The standard InChI is InChI=1S/C16H10F4N2.H3NO2S/c17-12-8-6-11(7-9-12)14-10-15(16(18,19)20)21-22(14)13-4-2-1-3-5-13;1-4(2)3/h1-10H;1H2,(H,2,3)/p-1. The minimum absolute atomic E-state index is 0.249. The van der Waals surface area contributed by atoms with Crippen molar-refractivity contribution in [3.05, 3.63) is 72.2 Å². The number of rotatable bonds is 2. The Hall–Kier alpha value is -2.56. The van der Waals surface area contributed by atoms with Crippen LogP contribution in [0, 0.1) is 5.82 Å². The topological polar surface area (TPSA) is 84.0 Å². The van der Waals surface area contributed by atoms with Crippen LogP contribution in [0.5, 0.6) is 0 Å². The average molecular weight is 386 g/mol. The zero-order valence-corrected chi connectivity index (χ0v) is 13.8. The van der Waals surface area contributed by atoms with Crippen molar-refractivity contribution in [2.75, 3.05) is 0 Å². The minimum atomic E-state index is -4.55. The smallest absolute Gasteiger partial charge is 0.435 e. The predicted molar refractivity (Wildman–Crippen MR) is 87.1 cm³/mol. The number of hydrogen-bond donors (Lipinski definition) is 1. The summed E-state index contributed by atoms with van der Waals surface area (Å²) in [7, 11) is 0. The quantitative estimate of drug-likeness (QED) is 0.541. The second kappa shape index (κ2) is 8.21. The molecule has 0 saturated heterocycles. The predicted octanol–water partition coefficient (Wildman–Crippen LogP) is 3.44. The van der Waals surface area contributed by atoms with Crippen molar-refractivity contribution >= 4 is 11.3 Å². The van der Waals surface area contributed by atoms with Gasteiger partial charge in [0.25, 0.3) is 0 Å². The van der Waals surface area contributed by atoms with Crippen LogP contribution in [0.3, 0.4) is 0 Å². The number of nitrogens with two attached hydrogens (primary N) is 1. The normalized spacial score (nSPS) is 12.2. The first-order valence-corrected chi connectivity index (χ1v) is 8.14.